The molecule has 208 valence electrons. The van der Waals surface area contributed by atoms with Crippen molar-refractivity contribution >= 4 is 12.0 Å². The van der Waals surface area contributed by atoms with Gasteiger partial charge in [-0.25, -0.2) is 9.18 Å². The number of aryl methyl sites for hydroxylation is 1. The topological polar surface area (TPSA) is 79.1 Å². The molecule has 38 heavy (non-hydrogen) atoms. The van der Waals surface area contributed by atoms with E-state index in [1.165, 1.54) is 28.2 Å². The maximum Gasteiger partial charge on any atom is 0.428 e. The zero-order valence-electron chi connectivity index (χ0n) is 20.4. The summed E-state index contributed by atoms with van der Waals surface area (Å²) in [5, 5.41) is 1.24. The van der Waals surface area contributed by atoms with Crippen LogP contribution >= 0.6 is 0 Å². The summed E-state index contributed by atoms with van der Waals surface area (Å²) in [6, 6.07) is 4.25. The maximum absolute atomic E-state index is 13.7. The fourth-order valence-corrected chi connectivity index (χ4v) is 4.12. The van der Waals surface area contributed by atoms with Crippen molar-refractivity contribution in [1.82, 2.24) is 14.9 Å². The molecule has 0 radical (unpaired) electrons. The van der Waals surface area contributed by atoms with Gasteiger partial charge < -0.3 is 20.4 Å². The van der Waals surface area contributed by atoms with Crippen LogP contribution in [0.2, 0.25) is 0 Å². The van der Waals surface area contributed by atoms with E-state index in [0.29, 0.717) is 23.3 Å². The molecule has 2 aromatic rings. The number of amides is 2. The predicted molar refractivity (Wildman–Crippen MR) is 121 cm³/mol. The third kappa shape index (κ3) is 6.92. The van der Waals surface area contributed by atoms with Crippen molar-refractivity contribution in [3.05, 3.63) is 70.0 Å². The molecule has 2 aromatic carbocycles. The predicted octanol–water partition coefficient (Wildman–Crippen LogP) is 4.50. The molecule has 7 nitrogen and oxygen atoms in total. The second-order valence-electron chi connectivity index (χ2n) is 8.83. The molecule has 2 N–H and O–H groups in total. The van der Waals surface area contributed by atoms with Crippen LogP contribution in [-0.4, -0.2) is 60.1 Å². The highest BCUT2D eigenvalue weighted by molar-refractivity contribution is 5.78. The van der Waals surface area contributed by atoms with Gasteiger partial charge in [0.2, 0.25) is 5.91 Å². The maximum atomic E-state index is 13.7. The first-order chi connectivity index (χ1) is 17.6. The lowest BCUT2D eigenvalue weighted by molar-refractivity contribution is -0.172. The molecule has 1 aliphatic heterocycles. The van der Waals surface area contributed by atoms with Crippen molar-refractivity contribution in [1.29, 1.82) is 0 Å². The standard InChI is InChI=1S/C24H25F7N4O3/c1-14-7-18(25)3-4-19(14)20-13-34(21(36)11-32)5-6-35(20)38-22(37)33(2)12-15-8-16(23(26,27)28)10-17(9-15)24(29,30)31/h3-4,7-10,20H,5-6,11-13,32H2,1-2H3/t20-/m1/s1. The Morgan fingerprint density at radius 1 is 1.03 bits per heavy atom. The molecule has 0 unspecified atom stereocenters. The minimum absolute atomic E-state index is 0.000434. The first kappa shape index (κ1) is 29.2. The van der Waals surface area contributed by atoms with Gasteiger partial charge >= 0.3 is 18.4 Å². The summed E-state index contributed by atoms with van der Waals surface area (Å²) in [6.07, 6.45) is -11.1. The number of alkyl halides is 6. The minimum atomic E-state index is -5.03. The molecule has 1 aliphatic rings. The van der Waals surface area contributed by atoms with Crippen molar-refractivity contribution in [2.75, 3.05) is 33.2 Å². The van der Waals surface area contributed by atoms with Gasteiger partial charge in [-0.2, -0.15) is 26.3 Å². The van der Waals surface area contributed by atoms with Crippen LogP contribution in [0.5, 0.6) is 0 Å². The quantitative estimate of drug-likeness (QED) is 0.555. The van der Waals surface area contributed by atoms with Crippen molar-refractivity contribution < 1.29 is 45.2 Å². The van der Waals surface area contributed by atoms with Gasteiger partial charge in [0, 0.05) is 26.7 Å². The van der Waals surface area contributed by atoms with Gasteiger partial charge in [0.25, 0.3) is 0 Å². The van der Waals surface area contributed by atoms with Gasteiger partial charge in [0.15, 0.2) is 0 Å². The lowest BCUT2D eigenvalue weighted by Crippen LogP contribution is -2.53. The van der Waals surface area contributed by atoms with Crippen LogP contribution in [0.4, 0.5) is 35.5 Å². The summed E-state index contributed by atoms with van der Waals surface area (Å²) < 4.78 is 92.7. The number of nitrogens with zero attached hydrogens (tertiary/aromatic N) is 3. The number of benzene rings is 2. The molecular weight excluding hydrogens is 525 g/mol. The highest BCUT2D eigenvalue weighted by Gasteiger charge is 2.38. The average Bonchev–Trinajstić information content (AvgIpc) is 2.82. The molecule has 1 atom stereocenters. The van der Waals surface area contributed by atoms with Gasteiger partial charge in [0.1, 0.15) is 5.82 Å². The van der Waals surface area contributed by atoms with Crippen molar-refractivity contribution in [3.8, 4) is 0 Å². The molecule has 0 aliphatic carbocycles. The Kier molecular flexibility index (Phi) is 8.56. The van der Waals surface area contributed by atoms with E-state index in [9.17, 15) is 40.3 Å². The van der Waals surface area contributed by atoms with Crippen molar-refractivity contribution in [2.45, 2.75) is 31.9 Å². The fourth-order valence-electron chi connectivity index (χ4n) is 4.12. The van der Waals surface area contributed by atoms with E-state index in [1.54, 1.807) is 6.92 Å². The second kappa shape index (κ2) is 11.2. The molecule has 0 aromatic heterocycles. The van der Waals surface area contributed by atoms with E-state index in [0.717, 1.165) is 11.9 Å². The first-order valence-corrected chi connectivity index (χ1v) is 11.3. The Morgan fingerprint density at radius 3 is 2.16 bits per heavy atom. The second-order valence-corrected chi connectivity index (χ2v) is 8.83. The third-order valence-electron chi connectivity index (χ3n) is 6.02. The molecule has 0 spiro atoms. The molecule has 1 fully saturated rings. The number of rotatable bonds is 5. The Labute approximate surface area is 213 Å². The summed E-state index contributed by atoms with van der Waals surface area (Å²) in [5.41, 5.74) is 3.09. The lowest BCUT2D eigenvalue weighted by Gasteiger charge is -2.40. The first-order valence-electron chi connectivity index (χ1n) is 11.3. The average molecular weight is 550 g/mol. The number of hydroxylamine groups is 2. The monoisotopic (exact) mass is 550 g/mol. The lowest BCUT2D eigenvalue weighted by atomic mass is 9.99. The third-order valence-corrected chi connectivity index (χ3v) is 6.02. The van der Waals surface area contributed by atoms with Crippen LogP contribution in [0.3, 0.4) is 0 Å². The smallest absolute Gasteiger partial charge is 0.350 e. The summed E-state index contributed by atoms with van der Waals surface area (Å²) in [5.74, 6) is -0.859. The van der Waals surface area contributed by atoms with Crippen LogP contribution in [0.25, 0.3) is 0 Å². The van der Waals surface area contributed by atoms with E-state index < -0.39 is 53.5 Å². The number of hydrogen-bond donors (Lipinski definition) is 1. The molecule has 0 bridgehead atoms. The number of nitrogens with two attached hydrogens (primary N) is 1. The van der Waals surface area contributed by atoms with Crippen LogP contribution in [-0.2, 0) is 28.5 Å². The molecular formula is C24H25F7N4O3. The molecule has 1 heterocycles. The molecule has 14 heteroatoms. The summed E-state index contributed by atoms with van der Waals surface area (Å²) >= 11 is 0. The Hall–Kier alpha value is -3.39. The number of piperazine rings is 1. The Bertz CT molecular complexity index is 1150. The fraction of sp³-hybridized carbons (Fsp3) is 0.417. The largest absolute Gasteiger partial charge is 0.428 e. The van der Waals surface area contributed by atoms with E-state index in [-0.39, 0.29) is 38.2 Å². The summed E-state index contributed by atoms with van der Waals surface area (Å²) in [6.45, 7) is 0.954. The van der Waals surface area contributed by atoms with E-state index in [4.69, 9.17) is 10.6 Å². The van der Waals surface area contributed by atoms with E-state index >= 15 is 0 Å². The number of carbonyl (C=O) groups is 2. The Morgan fingerprint density at radius 2 is 1.63 bits per heavy atom. The van der Waals surface area contributed by atoms with Gasteiger partial charge in [0.05, 0.1) is 30.3 Å². The minimum Gasteiger partial charge on any atom is -0.350 e. The van der Waals surface area contributed by atoms with Gasteiger partial charge in [-0.15, -0.1) is 5.06 Å². The summed E-state index contributed by atoms with van der Waals surface area (Å²) in [7, 11) is 1.15. The molecule has 0 saturated carbocycles. The molecule has 1 saturated heterocycles. The van der Waals surface area contributed by atoms with Gasteiger partial charge in [-0.05, 0) is 53.9 Å². The van der Waals surface area contributed by atoms with Gasteiger partial charge in [-0.1, -0.05) is 6.07 Å². The van der Waals surface area contributed by atoms with Crippen LogP contribution in [0.1, 0.15) is 33.9 Å². The Balaban J connectivity index is 1.83. The zero-order chi connectivity index (χ0) is 28.4. The van der Waals surface area contributed by atoms with E-state index in [1.807, 2.05) is 0 Å². The van der Waals surface area contributed by atoms with Gasteiger partial charge in [-0.3, -0.25) is 4.79 Å². The highest BCUT2D eigenvalue weighted by Crippen LogP contribution is 2.36. The zero-order valence-corrected chi connectivity index (χ0v) is 20.4. The van der Waals surface area contributed by atoms with E-state index in [2.05, 4.69) is 0 Å². The molecule has 3 rings (SSSR count). The number of hydrogen-bond acceptors (Lipinski definition) is 5. The number of halogens is 7. The normalized spacial score (nSPS) is 16.9. The summed E-state index contributed by atoms with van der Waals surface area (Å²) in [4.78, 5) is 32.7. The van der Waals surface area contributed by atoms with Crippen molar-refractivity contribution in [2.24, 2.45) is 5.73 Å². The van der Waals surface area contributed by atoms with Crippen LogP contribution in [0, 0.1) is 12.7 Å². The highest BCUT2D eigenvalue weighted by atomic mass is 19.4. The van der Waals surface area contributed by atoms with Crippen molar-refractivity contribution in [3.63, 3.8) is 0 Å². The van der Waals surface area contributed by atoms with Crippen LogP contribution < -0.4 is 5.73 Å². The SMILES string of the molecule is Cc1cc(F)ccc1[C@H]1CN(C(=O)CN)CCN1OC(=O)N(C)Cc1cc(C(F)(F)F)cc(C(F)(F)F)c1. The van der Waals surface area contributed by atoms with Crippen LogP contribution in [0.15, 0.2) is 36.4 Å². The molecule has 2 amide bonds. The number of carbonyl (C=O) groups excluding carboxylic acids is 2.